The van der Waals surface area contributed by atoms with E-state index in [4.69, 9.17) is 21.1 Å². The van der Waals surface area contributed by atoms with Crippen LogP contribution in [-0.2, 0) is 19.6 Å². The highest BCUT2D eigenvalue weighted by molar-refractivity contribution is 7.89. The lowest BCUT2D eigenvalue weighted by Crippen LogP contribution is -2.31. The maximum Gasteiger partial charge on any atom is 0.307 e. The molecule has 0 spiro atoms. The number of ether oxygens (including phenoxy) is 3. The Kier molecular flexibility index (Phi) is 7.22. The molecule has 1 unspecified atom stereocenters. The van der Waals surface area contributed by atoms with E-state index in [0.717, 1.165) is 12.1 Å². The van der Waals surface area contributed by atoms with Gasteiger partial charge < -0.3 is 14.2 Å². The Hall–Kier alpha value is -2.36. The Morgan fingerprint density at radius 2 is 1.75 bits per heavy atom. The second-order valence-electron chi connectivity index (χ2n) is 5.61. The van der Waals surface area contributed by atoms with E-state index in [2.05, 4.69) is 9.46 Å². The average molecular weight is 432 g/mol. The molecule has 0 saturated heterocycles. The quantitative estimate of drug-likeness (QED) is 0.646. The van der Waals surface area contributed by atoms with Crippen LogP contribution in [0.2, 0.25) is 5.02 Å². The first-order valence-corrected chi connectivity index (χ1v) is 9.84. The van der Waals surface area contributed by atoms with Crippen molar-refractivity contribution < 1.29 is 31.8 Å². The number of hydrogen-bond acceptors (Lipinski definition) is 6. The molecule has 10 heteroatoms. The van der Waals surface area contributed by atoms with Gasteiger partial charge in [0.15, 0.2) is 11.5 Å². The summed E-state index contributed by atoms with van der Waals surface area (Å²) in [6.07, 6.45) is -0.339. The molecule has 152 valence electrons. The van der Waals surface area contributed by atoms with Crippen LogP contribution in [-0.4, -0.2) is 35.7 Å². The molecule has 0 amide bonds. The fourth-order valence-corrected chi connectivity index (χ4v) is 4.07. The van der Waals surface area contributed by atoms with Gasteiger partial charge in [0.05, 0.1) is 33.8 Å². The van der Waals surface area contributed by atoms with E-state index in [-0.39, 0.29) is 22.9 Å². The molecule has 0 aliphatic rings. The predicted molar refractivity (Wildman–Crippen MR) is 101 cm³/mol. The van der Waals surface area contributed by atoms with Crippen molar-refractivity contribution in [1.82, 2.24) is 4.72 Å². The molecule has 0 aliphatic heterocycles. The summed E-state index contributed by atoms with van der Waals surface area (Å²) in [6.45, 7) is 0. The monoisotopic (exact) mass is 431 g/mol. The minimum absolute atomic E-state index is 0.0338. The third-order valence-corrected chi connectivity index (χ3v) is 5.74. The van der Waals surface area contributed by atoms with Gasteiger partial charge >= 0.3 is 5.97 Å². The Morgan fingerprint density at radius 3 is 2.32 bits per heavy atom. The van der Waals surface area contributed by atoms with E-state index < -0.39 is 32.7 Å². The molecular formula is C18H19ClFNO6S. The number of sulfonamides is 1. The van der Waals surface area contributed by atoms with E-state index in [1.165, 1.54) is 21.3 Å². The molecule has 1 atom stereocenters. The van der Waals surface area contributed by atoms with Crippen LogP contribution in [0, 0.1) is 5.82 Å². The average Bonchev–Trinajstić information content (AvgIpc) is 2.67. The molecule has 2 rings (SSSR count). The topological polar surface area (TPSA) is 90.9 Å². The number of hydrogen-bond donors (Lipinski definition) is 1. The van der Waals surface area contributed by atoms with Crippen molar-refractivity contribution in [1.29, 1.82) is 0 Å². The zero-order chi connectivity index (χ0) is 20.9. The van der Waals surface area contributed by atoms with E-state index in [1.54, 1.807) is 24.3 Å². The Balaban J connectivity index is 2.48. The second-order valence-corrected chi connectivity index (χ2v) is 7.70. The van der Waals surface area contributed by atoms with Crippen molar-refractivity contribution in [3.05, 3.63) is 52.8 Å². The summed E-state index contributed by atoms with van der Waals surface area (Å²) in [6, 6.07) is 7.23. The first kappa shape index (κ1) is 21.9. The first-order chi connectivity index (χ1) is 13.2. The van der Waals surface area contributed by atoms with Crippen LogP contribution in [0.5, 0.6) is 11.5 Å². The molecule has 0 aromatic heterocycles. The molecule has 0 bridgehead atoms. The molecule has 2 aromatic carbocycles. The molecule has 7 nitrogen and oxygen atoms in total. The molecule has 0 fully saturated rings. The lowest BCUT2D eigenvalue weighted by atomic mass is 10.1. The minimum Gasteiger partial charge on any atom is -0.493 e. The summed E-state index contributed by atoms with van der Waals surface area (Å²) >= 11 is 6.14. The van der Waals surface area contributed by atoms with Gasteiger partial charge in [0.25, 0.3) is 0 Å². The lowest BCUT2D eigenvalue weighted by Gasteiger charge is -2.20. The van der Waals surface area contributed by atoms with Crippen molar-refractivity contribution in [2.24, 2.45) is 0 Å². The van der Waals surface area contributed by atoms with Crippen LogP contribution >= 0.6 is 11.6 Å². The van der Waals surface area contributed by atoms with Gasteiger partial charge in [0.2, 0.25) is 10.0 Å². The standard InChI is InChI=1S/C18H19ClFNO6S/c1-25-15-8-13(20)17(10-16(15)26-2)28(23,24)21-14(9-18(22)27-3)11-6-4-5-7-12(11)19/h4-8,10,14,21H,9H2,1-3H3. The fraction of sp³-hybridized carbons (Fsp3) is 0.278. The van der Waals surface area contributed by atoms with Crippen molar-refractivity contribution in [2.45, 2.75) is 17.4 Å². The third-order valence-electron chi connectivity index (χ3n) is 3.90. The number of halogens is 2. The van der Waals surface area contributed by atoms with Gasteiger partial charge in [-0.2, -0.15) is 0 Å². The van der Waals surface area contributed by atoms with Gasteiger partial charge in [0.1, 0.15) is 10.7 Å². The molecular weight excluding hydrogens is 413 g/mol. The van der Waals surface area contributed by atoms with Crippen LogP contribution in [0.15, 0.2) is 41.3 Å². The van der Waals surface area contributed by atoms with Crippen molar-refractivity contribution in [2.75, 3.05) is 21.3 Å². The maximum atomic E-state index is 14.4. The van der Waals surface area contributed by atoms with E-state index in [9.17, 15) is 17.6 Å². The number of methoxy groups -OCH3 is 3. The maximum absolute atomic E-state index is 14.4. The number of esters is 1. The van der Waals surface area contributed by atoms with E-state index in [1.807, 2.05) is 0 Å². The largest absolute Gasteiger partial charge is 0.493 e. The SMILES string of the molecule is COC(=O)CC(NS(=O)(=O)c1cc(OC)c(OC)cc1F)c1ccccc1Cl. The smallest absolute Gasteiger partial charge is 0.307 e. The van der Waals surface area contributed by atoms with E-state index in [0.29, 0.717) is 5.56 Å². The Morgan fingerprint density at radius 1 is 1.14 bits per heavy atom. The van der Waals surface area contributed by atoms with Gasteiger partial charge in [-0.25, -0.2) is 17.5 Å². The number of rotatable bonds is 8. The number of carbonyl (C=O) groups excluding carboxylic acids is 1. The second kappa shape index (κ2) is 9.22. The summed E-state index contributed by atoms with van der Waals surface area (Å²) in [5.41, 5.74) is 0.346. The summed E-state index contributed by atoms with van der Waals surface area (Å²) in [5.74, 6) is -1.63. The van der Waals surface area contributed by atoms with Crippen LogP contribution < -0.4 is 14.2 Å². The molecule has 0 radical (unpaired) electrons. The number of carbonyl (C=O) groups is 1. The Labute approximate surface area is 167 Å². The highest BCUT2D eigenvalue weighted by atomic mass is 35.5. The zero-order valence-corrected chi connectivity index (χ0v) is 16.9. The van der Waals surface area contributed by atoms with E-state index >= 15 is 0 Å². The van der Waals surface area contributed by atoms with Crippen molar-refractivity contribution in [3.63, 3.8) is 0 Å². The highest BCUT2D eigenvalue weighted by Gasteiger charge is 2.29. The highest BCUT2D eigenvalue weighted by Crippen LogP contribution is 2.33. The van der Waals surface area contributed by atoms with Gasteiger partial charge in [-0.15, -0.1) is 0 Å². The van der Waals surface area contributed by atoms with Crippen LogP contribution in [0.4, 0.5) is 4.39 Å². The number of benzene rings is 2. The van der Waals surface area contributed by atoms with Gasteiger partial charge in [-0.05, 0) is 11.6 Å². The first-order valence-electron chi connectivity index (χ1n) is 7.98. The van der Waals surface area contributed by atoms with Crippen molar-refractivity contribution in [3.8, 4) is 11.5 Å². The van der Waals surface area contributed by atoms with Gasteiger partial charge in [-0.1, -0.05) is 29.8 Å². The number of nitrogens with one attached hydrogen (secondary N) is 1. The molecule has 1 N–H and O–H groups in total. The molecule has 2 aromatic rings. The van der Waals surface area contributed by atoms with Crippen LogP contribution in [0.1, 0.15) is 18.0 Å². The third kappa shape index (κ3) is 4.92. The van der Waals surface area contributed by atoms with Gasteiger partial charge in [-0.3, -0.25) is 4.79 Å². The molecule has 28 heavy (non-hydrogen) atoms. The summed E-state index contributed by atoms with van der Waals surface area (Å²) in [4.78, 5) is 11.1. The fourth-order valence-electron chi connectivity index (χ4n) is 2.52. The van der Waals surface area contributed by atoms with Crippen LogP contribution in [0.25, 0.3) is 0 Å². The molecule has 0 heterocycles. The van der Waals surface area contributed by atoms with Gasteiger partial charge in [0, 0.05) is 17.2 Å². The Bertz CT molecular complexity index is 967. The summed E-state index contributed by atoms with van der Waals surface area (Å²) < 4.78 is 57.1. The van der Waals surface area contributed by atoms with Crippen LogP contribution in [0.3, 0.4) is 0 Å². The molecule has 0 saturated carbocycles. The minimum atomic E-state index is -4.39. The summed E-state index contributed by atoms with van der Waals surface area (Å²) in [5, 5.41) is 0.242. The predicted octanol–water partition coefficient (Wildman–Crippen LogP) is 3.08. The zero-order valence-electron chi connectivity index (χ0n) is 15.4. The van der Waals surface area contributed by atoms with Crippen molar-refractivity contribution >= 4 is 27.6 Å². The molecule has 0 aliphatic carbocycles. The summed E-state index contributed by atoms with van der Waals surface area (Å²) in [7, 11) is -0.624. The normalized spacial score (nSPS) is 12.3. The lowest BCUT2D eigenvalue weighted by molar-refractivity contribution is -0.141.